The van der Waals surface area contributed by atoms with Crippen molar-refractivity contribution in [2.24, 2.45) is 0 Å². The van der Waals surface area contributed by atoms with Gasteiger partial charge < -0.3 is 9.26 Å². The molecule has 11 heteroatoms. The second-order valence-corrected chi connectivity index (χ2v) is 7.40. The lowest BCUT2D eigenvalue weighted by Gasteiger charge is -2.05. The topological polar surface area (TPSA) is 114 Å². The van der Waals surface area contributed by atoms with Crippen LogP contribution in [-0.4, -0.2) is 41.8 Å². The Morgan fingerprint density at radius 1 is 1.12 bits per heavy atom. The molecule has 0 aliphatic rings. The number of rotatable bonds is 6. The maximum Gasteiger partial charge on any atom is 0.283 e. The zero-order valence-corrected chi connectivity index (χ0v) is 17.6. The van der Waals surface area contributed by atoms with Gasteiger partial charge in [0, 0.05) is 10.6 Å². The molecule has 0 bridgehead atoms. The third kappa shape index (κ3) is 3.83. The summed E-state index contributed by atoms with van der Waals surface area (Å²) in [4.78, 5) is 21.6. The summed E-state index contributed by atoms with van der Waals surface area (Å²) in [5.74, 6) is 1.41. The highest BCUT2D eigenvalue weighted by atomic mass is 35.5. The second kappa shape index (κ2) is 8.23. The molecule has 10 nitrogen and oxygen atoms in total. The van der Waals surface area contributed by atoms with E-state index >= 15 is 0 Å². The molecule has 0 spiro atoms. The minimum atomic E-state index is -0.349. The molecule has 0 saturated carbocycles. The molecule has 5 aromatic rings. The molecule has 0 saturated heterocycles. The average molecular weight is 450 g/mol. The van der Waals surface area contributed by atoms with Crippen molar-refractivity contribution in [3.63, 3.8) is 0 Å². The fourth-order valence-corrected chi connectivity index (χ4v) is 3.36. The minimum Gasteiger partial charge on any atom is -0.497 e. The van der Waals surface area contributed by atoms with E-state index in [-0.39, 0.29) is 23.5 Å². The maximum absolute atomic E-state index is 12.9. The molecule has 0 aliphatic carbocycles. The molecule has 0 radical (unpaired) electrons. The van der Waals surface area contributed by atoms with Gasteiger partial charge in [-0.15, -0.1) is 5.10 Å². The molecule has 5 rings (SSSR count). The first kappa shape index (κ1) is 19.9. The van der Waals surface area contributed by atoms with Gasteiger partial charge in [-0.2, -0.15) is 4.98 Å². The van der Waals surface area contributed by atoms with E-state index < -0.39 is 0 Å². The molecule has 2 aromatic carbocycles. The van der Waals surface area contributed by atoms with Gasteiger partial charge in [0.2, 0.25) is 11.7 Å². The Labute approximate surface area is 186 Å². The van der Waals surface area contributed by atoms with Crippen molar-refractivity contribution in [3.8, 4) is 17.1 Å². The Hall–Kier alpha value is -4.05. The third-order valence-electron chi connectivity index (χ3n) is 4.83. The first-order valence-electron chi connectivity index (χ1n) is 9.61. The summed E-state index contributed by atoms with van der Waals surface area (Å²) in [6, 6.07) is 14.6. The predicted octanol–water partition coefficient (Wildman–Crippen LogP) is 2.80. The number of hydrogen-bond donors (Lipinski definition) is 0. The summed E-state index contributed by atoms with van der Waals surface area (Å²) in [5.41, 5.74) is 1.90. The van der Waals surface area contributed by atoms with Crippen molar-refractivity contribution in [3.05, 3.63) is 81.7 Å². The minimum absolute atomic E-state index is 0.0606. The highest BCUT2D eigenvalue weighted by Crippen LogP contribution is 2.19. The molecule has 0 unspecified atom stereocenters. The first-order chi connectivity index (χ1) is 15.6. The number of benzene rings is 2. The van der Waals surface area contributed by atoms with E-state index in [1.54, 1.807) is 36.1 Å². The van der Waals surface area contributed by atoms with Crippen molar-refractivity contribution >= 4 is 22.8 Å². The van der Waals surface area contributed by atoms with Gasteiger partial charge in [0.05, 0.1) is 13.7 Å². The molecular formula is C21H16ClN7O3. The van der Waals surface area contributed by atoms with Crippen molar-refractivity contribution in [1.82, 2.24) is 34.7 Å². The summed E-state index contributed by atoms with van der Waals surface area (Å²) in [6.45, 7) is 0.462. The Morgan fingerprint density at radius 3 is 2.78 bits per heavy atom. The van der Waals surface area contributed by atoms with Crippen LogP contribution in [0.1, 0.15) is 11.5 Å². The van der Waals surface area contributed by atoms with E-state index in [4.69, 9.17) is 20.9 Å². The molecule has 0 N–H and O–H groups in total. The van der Waals surface area contributed by atoms with Crippen molar-refractivity contribution < 1.29 is 9.26 Å². The van der Waals surface area contributed by atoms with Crippen LogP contribution in [0.2, 0.25) is 5.02 Å². The van der Waals surface area contributed by atoms with Crippen LogP contribution in [0, 0.1) is 0 Å². The molecule has 32 heavy (non-hydrogen) atoms. The average Bonchev–Trinajstić information content (AvgIpc) is 3.44. The Bertz CT molecular complexity index is 1460. The fourth-order valence-electron chi connectivity index (χ4n) is 3.23. The van der Waals surface area contributed by atoms with Crippen LogP contribution in [0.15, 0.2) is 64.2 Å². The van der Waals surface area contributed by atoms with Crippen LogP contribution >= 0.6 is 11.6 Å². The molecule has 0 atom stereocenters. The zero-order valence-electron chi connectivity index (χ0n) is 16.8. The van der Waals surface area contributed by atoms with Crippen molar-refractivity contribution in [1.29, 1.82) is 0 Å². The highest BCUT2D eigenvalue weighted by Gasteiger charge is 2.15. The Kier molecular flexibility index (Phi) is 5.12. The number of methoxy groups -OCH3 is 1. The number of fused-ring (bicyclic) bond motifs is 1. The quantitative estimate of drug-likeness (QED) is 0.388. The summed E-state index contributed by atoms with van der Waals surface area (Å²) in [7, 11) is 1.61. The van der Waals surface area contributed by atoms with Gasteiger partial charge in [-0.25, -0.2) is 9.67 Å². The van der Waals surface area contributed by atoms with Gasteiger partial charge in [0.25, 0.3) is 5.56 Å². The van der Waals surface area contributed by atoms with E-state index in [1.807, 2.05) is 24.3 Å². The highest BCUT2D eigenvalue weighted by molar-refractivity contribution is 6.30. The lowest BCUT2D eigenvalue weighted by molar-refractivity contribution is 0.369. The molecule has 3 heterocycles. The fraction of sp³-hybridized carbons (Fsp3) is 0.143. The second-order valence-electron chi connectivity index (χ2n) is 6.97. The van der Waals surface area contributed by atoms with E-state index in [9.17, 15) is 4.79 Å². The number of halogens is 1. The lowest BCUT2D eigenvalue weighted by Crippen LogP contribution is -2.21. The van der Waals surface area contributed by atoms with Gasteiger partial charge >= 0.3 is 0 Å². The smallest absolute Gasteiger partial charge is 0.283 e. The van der Waals surface area contributed by atoms with Gasteiger partial charge in [0.1, 0.15) is 18.6 Å². The molecule has 0 aliphatic heterocycles. The van der Waals surface area contributed by atoms with E-state index in [0.717, 1.165) is 16.9 Å². The predicted molar refractivity (Wildman–Crippen MR) is 116 cm³/mol. The maximum atomic E-state index is 12.9. The number of nitrogens with zero attached hydrogens (tertiary/aromatic N) is 7. The molecular weight excluding hydrogens is 434 g/mol. The monoisotopic (exact) mass is 449 g/mol. The number of hydrogen-bond acceptors (Lipinski definition) is 8. The van der Waals surface area contributed by atoms with Gasteiger partial charge in [0.15, 0.2) is 11.2 Å². The van der Waals surface area contributed by atoms with Crippen molar-refractivity contribution in [2.75, 3.05) is 7.11 Å². The Morgan fingerprint density at radius 2 is 1.97 bits per heavy atom. The van der Waals surface area contributed by atoms with Crippen LogP contribution in [0.5, 0.6) is 5.75 Å². The van der Waals surface area contributed by atoms with Crippen LogP contribution in [-0.2, 0) is 13.1 Å². The van der Waals surface area contributed by atoms with Crippen LogP contribution in [0.4, 0.5) is 0 Å². The summed E-state index contributed by atoms with van der Waals surface area (Å²) >= 11 is 5.91. The van der Waals surface area contributed by atoms with Crippen LogP contribution in [0.3, 0.4) is 0 Å². The van der Waals surface area contributed by atoms with E-state index in [2.05, 4.69) is 25.4 Å². The third-order valence-corrected chi connectivity index (χ3v) is 5.09. The van der Waals surface area contributed by atoms with Crippen molar-refractivity contribution in [2.45, 2.75) is 13.1 Å². The lowest BCUT2D eigenvalue weighted by atomic mass is 10.2. The standard InChI is InChI=1S/C21H16ClN7O3/c1-31-16-4-2-3-13(9-16)10-29-20-18(25-27-29)21(30)28(12-23-20)11-17-24-19(26-32-17)14-5-7-15(22)8-6-14/h2-9,12H,10-11H2,1H3. The molecule has 160 valence electrons. The van der Waals surface area contributed by atoms with Crippen LogP contribution < -0.4 is 10.3 Å². The number of ether oxygens (including phenoxy) is 1. The molecule has 0 fully saturated rings. The van der Waals surface area contributed by atoms with E-state index in [0.29, 0.717) is 23.0 Å². The number of aromatic nitrogens is 7. The normalized spacial score (nSPS) is 11.2. The Balaban J connectivity index is 1.40. The van der Waals surface area contributed by atoms with Crippen LogP contribution in [0.25, 0.3) is 22.6 Å². The summed E-state index contributed by atoms with van der Waals surface area (Å²) in [6.07, 6.45) is 1.42. The van der Waals surface area contributed by atoms with Gasteiger partial charge in [-0.3, -0.25) is 9.36 Å². The zero-order chi connectivity index (χ0) is 22.1. The largest absolute Gasteiger partial charge is 0.497 e. The molecule has 0 amide bonds. The van der Waals surface area contributed by atoms with E-state index in [1.165, 1.54) is 10.9 Å². The first-order valence-corrected chi connectivity index (χ1v) is 9.98. The van der Waals surface area contributed by atoms with Gasteiger partial charge in [-0.1, -0.05) is 34.1 Å². The summed E-state index contributed by atoms with van der Waals surface area (Å²) in [5, 5.41) is 12.7. The molecule has 3 aromatic heterocycles. The summed E-state index contributed by atoms with van der Waals surface area (Å²) < 4.78 is 13.5. The van der Waals surface area contributed by atoms with Gasteiger partial charge in [-0.05, 0) is 42.0 Å². The SMILES string of the molecule is COc1cccc(Cn2nnc3c(=O)n(Cc4nc(-c5ccc(Cl)cc5)no4)cnc32)c1.